The Bertz CT molecular complexity index is 522. The molecule has 1 aromatic carbocycles. The van der Waals surface area contributed by atoms with Crippen LogP contribution in [0.25, 0.3) is 0 Å². The minimum Gasteiger partial charge on any atom is -0.384 e. The highest BCUT2D eigenvalue weighted by molar-refractivity contribution is 9.10. The fraction of sp³-hybridized carbons (Fsp3) is 0.308. The van der Waals surface area contributed by atoms with Crippen molar-refractivity contribution in [1.29, 1.82) is 0 Å². The Kier molecular flexibility index (Phi) is 3.64. The molecule has 3 nitrogen and oxygen atoms in total. The normalized spacial score (nSPS) is 12.7. The maximum absolute atomic E-state index is 10.3. The molecule has 1 atom stereocenters. The summed E-state index contributed by atoms with van der Waals surface area (Å²) in [6, 6.07) is 5.91. The first-order valence-electron chi connectivity index (χ1n) is 5.58. The smallest absolute Gasteiger partial charge is 0.107 e. The van der Waals surface area contributed by atoms with Crippen molar-refractivity contribution < 1.29 is 5.11 Å². The van der Waals surface area contributed by atoms with Crippen molar-refractivity contribution >= 4 is 15.9 Å². The van der Waals surface area contributed by atoms with Crippen LogP contribution in [0.3, 0.4) is 0 Å². The van der Waals surface area contributed by atoms with E-state index in [2.05, 4.69) is 21.0 Å². The van der Waals surface area contributed by atoms with E-state index in [0.717, 1.165) is 27.7 Å². The summed E-state index contributed by atoms with van der Waals surface area (Å²) < 4.78 is 2.78. The Morgan fingerprint density at radius 1 is 1.47 bits per heavy atom. The number of aliphatic hydroxyl groups excluding tert-OH is 1. The van der Waals surface area contributed by atoms with Gasteiger partial charge in [0.25, 0.3) is 0 Å². The van der Waals surface area contributed by atoms with Crippen LogP contribution in [0, 0.1) is 6.92 Å². The number of halogens is 1. The SMILES string of the molecule is CCn1cc(C(O)c2cc(Br)ccc2C)cn1. The van der Waals surface area contributed by atoms with Gasteiger partial charge in [-0.3, -0.25) is 4.68 Å². The van der Waals surface area contributed by atoms with Gasteiger partial charge in [-0.05, 0) is 37.1 Å². The predicted octanol–water partition coefficient (Wildman–Crippen LogP) is 3.06. The highest BCUT2D eigenvalue weighted by Gasteiger charge is 2.14. The van der Waals surface area contributed by atoms with E-state index in [4.69, 9.17) is 0 Å². The van der Waals surface area contributed by atoms with Crippen LogP contribution >= 0.6 is 15.9 Å². The molecule has 1 unspecified atom stereocenters. The minimum atomic E-state index is -0.618. The number of hydrogen-bond donors (Lipinski definition) is 1. The fourth-order valence-electron chi connectivity index (χ4n) is 1.78. The van der Waals surface area contributed by atoms with Crippen LogP contribution in [0.2, 0.25) is 0 Å². The van der Waals surface area contributed by atoms with Gasteiger partial charge in [0.05, 0.1) is 6.20 Å². The first-order valence-corrected chi connectivity index (χ1v) is 6.37. The summed E-state index contributed by atoms with van der Waals surface area (Å²) >= 11 is 3.42. The van der Waals surface area contributed by atoms with Gasteiger partial charge in [-0.15, -0.1) is 0 Å². The summed E-state index contributed by atoms with van der Waals surface area (Å²) in [5, 5.41) is 14.5. The lowest BCUT2D eigenvalue weighted by Crippen LogP contribution is -2.01. The number of rotatable bonds is 3. The lowest BCUT2D eigenvalue weighted by atomic mass is 10.00. The molecular formula is C13H15BrN2O. The lowest BCUT2D eigenvalue weighted by Gasteiger charge is -2.12. The Morgan fingerprint density at radius 2 is 2.24 bits per heavy atom. The Balaban J connectivity index is 2.35. The van der Waals surface area contributed by atoms with Gasteiger partial charge in [-0.2, -0.15) is 5.10 Å². The number of aromatic nitrogens is 2. The molecule has 2 aromatic rings. The second kappa shape index (κ2) is 5.02. The second-order valence-corrected chi connectivity index (χ2v) is 4.95. The molecule has 0 aliphatic carbocycles. The topological polar surface area (TPSA) is 38.0 Å². The Morgan fingerprint density at radius 3 is 2.88 bits per heavy atom. The van der Waals surface area contributed by atoms with Gasteiger partial charge in [-0.25, -0.2) is 0 Å². The Labute approximate surface area is 109 Å². The summed E-state index contributed by atoms with van der Waals surface area (Å²) in [7, 11) is 0. The molecule has 0 spiro atoms. The van der Waals surface area contributed by atoms with E-state index >= 15 is 0 Å². The predicted molar refractivity (Wildman–Crippen MR) is 70.8 cm³/mol. The molecule has 2 rings (SSSR count). The molecule has 1 aromatic heterocycles. The molecule has 0 amide bonds. The first kappa shape index (κ1) is 12.3. The standard InChI is InChI=1S/C13H15BrN2O/c1-3-16-8-10(7-15-16)13(17)12-6-11(14)5-4-9(12)2/h4-8,13,17H,3H2,1-2H3. The van der Waals surface area contributed by atoms with Gasteiger partial charge in [0.1, 0.15) is 6.10 Å². The lowest BCUT2D eigenvalue weighted by molar-refractivity contribution is 0.219. The van der Waals surface area contributed by atoms with Gasteiger partial charge in [0, 0.05) is 22.8 Å². The first-order chi connectivity index (χ1) is 8.11. The van der Waals surface area contributed by atoms with Crippen molar-refractivity contribution in [2.75, 3.05) is 0 Å². The van der Waals surface area contributed by atoms with E-state index < -0.39 is 6.10 Å². The van der Waals surface area contributed by atoms with Gasteiger partial charge in [-0.1, -0.05) is 22.0 Å². The highest BCUT2D eigenvalue weighted by atomic mass is 79.9. The van der Waals surface area contributed by atoms with E-state index in [9.17, 15) is 5.11 Å². The number of nitrogens with zero attached hydrogens (tertiary/aromatic N) is 2. The van der Waals surface area contributed by atoms with Crippen molar-refractivity contribution in [3.05, 3.63) is 51.8 Å². The summed E-state index contributed by atoms with van der Waals surface area (Å²) in [5.41, 5.74) is 2.81. The van der Waals surface area contributed by atoms with Gasteiger partial charge < -0.3 is 5.11 Å². The van der Waals surface area contributed by atoms with Crippen LogP contribution in [0.5, 0.6) is 0 Å². The maximum Gasteiger partial charge on any atom is 0.107 e. The molecule has 0 bridgehead atoms. The third-order valence-corrected chi connectivity index (χ3v) is 3.32. The second-order valence-electron chi connectivity index (χ2n) is 4.03. The molecule has 1 N–H and O–H groups in total. The van der Waals surface area contributed by atoms with Crippen molar-refractivity contribution in [3.63, 3.8) is 0 Å². The van der Waals surface area contributed by atoms with Crippen LogP contribution in [0.1, 0.15) is 29.7 Å². The quantitative estimate of drug-likeness (QED) is 0.945. The third-order valence-electron chi connectivity index (χ3n) is 2.83. The molecule has 4 heteroatoms. The molecule has 0 aliphatic rings. The third kappa shape index (κ3) is 2.58. The van der Waals surface area contributed by atoms with Crippen LogP contribution in [-0.4, -0.2) is 14.9 Å². The summed E-state index contributed by atoms with van der Waals surface area (Å²) in [6.45, 7) is 4.83. The van der Waals surface area contributed by atoms with E-state index in [0.29, 0.717) is 0 Å². The molecule has 1 heterocycles. The van der Waals surface area contributed by atoms with Crippen LogP contribution < -0.4 is 0 Å². The van der Waals surface area contributed by atoms with E-state index in [1.165, 1.54) is 0 Å². The zero-order valence-corrected chi connectivity index (χ0v) is 11.5. The molecule has 0 fully saturated rings. The van der Waals surface area contributed by atoms with Gasteiger partial charge >= 0.3 is 0 Å². The van der Waals surface area contributed by atoms with E-state index in [-0.39, 0.29) is 0 Å². The van der Waals surface area contributed by atoms with Crippen molar-refractivity contribution in [1.82, 2.24) is 9.78 Å². The van der Waals surface area contributed by atoms with Crippen molar-refractivity contribution in [2.45, 2.75) is 26.5 Å². The minimum absolute atomic E-state index is 0.618. The van der Waals surface area contributed by atoms with Gasteiger partial charge in [0.2, 0.25) is 0 Å². The molecular weight excluding hydrogens is 280 g/mol. The van der Waals surface area contributed by atoms with Crippen molar-refractivity contribution in [2.24, 2.45) is 0 Å². The highest BCUT2D eigenvalue weighted by Crippen LogP contribution is 2.27. The average Bonchev–Trinajstić information content (AvgIpc) is 2.80. The average molecular weight is 295 g/mol. The molecule has 0 aliphatic heterocycles. The van der Waals surface area contributed by atoms with Crippen LogP contribution in [0.4, 0.5) is 0 Å². The zero-order valence-electron chi connectivity index (χ0n) is 9.89. The van der Waals surface area contributed by atoms with Gasteiger partial charge in [0.15, 0.2) is 0 Å². The fourth-order valence-corrected chi connectivity index (χ4v) is 2.16. The zero-order chi connectivity index (χ0) is 12.4. The molecule has 0 saturated carbocycles. The number of aryl methyl sites for hydroxylation is 2. The van der Waals surface area contributed by atoms with Crippen LogP contribution in [0.15, 0.2) is 35.1 Å². The summed E-state index contributed by atoms with van der Waals surface area (Å²) in [5.74, 6) is 0. The Hall–Kier alpha value is -1.13. The maximum atomic E-state index is 10.3. The van der Waals surface area contributed by atoms with E-state index in [1.807, 2.05) is 42.9 Å². The number of hydrogen-bond acceptors (Lipinski definition) is 2. The number of benzene rings is 1. The monoisotopic (exact) mass is 294 g/mol. The molecule has 17 heavy (non-hydrogen) atoms. The largest absolute Gasteiger partial charge is 0.384 e. The summed E-state index contributed by atoms with van der Waals surface area (Å²) in [6.07, 6.45) is 2.98. The van der Waals surface area contributed by atoms with E-state index in [1.54, 1.807) is 6.20 Å². The molecule has 0 saturated heterocycles. The number of aliphatic hydroxyl groups is 1. The van der Waals surface area contributed by atoms with Crippen LogP contribution in [-0.2, 0) is 6.54 Å². The summed E-state index contributed by atoms with van der Waals surface area (Å²) in [4.78, 5) is 0. The molecule has 0 radical (unpaired) electrons. The van der Waals surface area contributed by atoms with Crippen molar-refractivity contribution in [3.8, 4) is 0 Å². The molecule has 90 valence electrons.